The molecule has 22 heavy (non-hydrogen) atoms. The van der Waals surface area contributed by atoms with Crippen LogP contribution >= 0.6 is 0 Å². The van der Waals surface area contributed by atoms with E-state index in [4.69, 9.17) is 14.9 Å². The number of rotatable bonds is 4. The van der Waals surface area contributed by atoms with E-state index in [0.717, 1.165) is 0 Å². The molecule has 1 unspecified atom stereocenters. The lowest BCUT2D eigenvalue weighted by Gasteiger charge is -2.19. The minimum atomic E-state index is -1.18. The van der Waals surface area contributed by atoms with Crippen molar-refractivity contribution in [1.82, 2.24) is 4.57 Å². The van der Waals surface area contributed by atoms with Crippen LogP contribution in [0.15, 0.2) is 30.1 Å². The maximum atomic E-state index is 11.8. The summed E-state index contributed by atoms with van der Waals surface area (Å²) in [6.07, 6.45) is 1.27. The highest BCUT2D eigenvalue weighted by molar-refractivity contribution is 5.71. The molecule has 1 aromatic rings. The van der Waals surface area contributed by atoms with E-state index in [0.29, 0.717) is 5.56 Å². The second kappa shape index (κ2) is 6.95. The molecule has 0 aliphatic heterocycles. The quantitative estimate of drug-likeness (QED) is 0.653. The SMILES string of the molecule is CC(O)/C([N+]#N)=C(\O)OCc1ccn(C(=O)OC(C)(C)C)c1. The largest absolute Gasteiger partial charge is 0.475 e. The summed E-state index contributed by atoms with van der Waals surface area (Å²) >= 11 is 0. The topological polar surface area (TPSA) is 109 Å². The predicted octanol–water partition coefficient (Wildman–Crippen LogP) is 2.75. The van der Waals surface area contributed by atoms with Gasteiger partial charge in [0.2, 0.25) is 5.39 Å². The Morgan fingerprint density at radius 2 is 2.14 bits per heavy atom. The Hall–Kier alpha value is -2.53. The molecular weight excluding hydrogens is 290 g/mol. The fourth-order valence-corrected chi connectivity index (χ4v) is 1.48. The van der Waals surface area contributed by atoms with Crippen LogP contribution in [0.5, 0.6) is 0 Å². The van der Waals surface area contributed by atoms with Gasteiger partial charge in [-0.2, -0.15) is 0 Å². The zero-order valence-electron chi connectivity index (χ0n) is 13.0. The van der Waals surface area contributed by atoms with Gasteiger partial charge in [-0.1, -0.05) is 0 Å². The van der Waals surface area contributed by atoms with E-state index in [2.05, 4.69) is 4.98 Å². The second-order valence-electron chi connectivity index (χ2n) is 5.66. The average molecular weight is 310 g/mol. The lowest BCUT2D eigenvalue weighted by molar-refractivity contribution is 0.0536. The first kappa shape index (κ1) is 17.5. The van der Waals surface area contributed by atoms with E-state index in [1.54, 1.807) is 26.8 Å². The van der Waals surface area contributed by atoms with Crippen molar-refractivity contribution in [2.24, 2.45) is 0 Å². The smallest absolute Gasteiger partial charge is 0.468 e. The van der Waals surface area contributed by atoms with Gasteiger partial charge >= 0.3 is 17.7 Å². The first-order chi connectivity index (χ1) is 10.1. The van der Waals surface area contributed by atoms with E-state index >= 15 is 0 Å². The van der Waals surface area contributed by atoms with Crippen LogP contribution in [0, 0.1) is 5.39 Å². The van der Waals surface area contributed by atoms with Gasteiger partial charge in [-0.15, -0.1) is 0 Å². The number of diazo groups is 1. The molecule has 0 aliphatic rings. The molecule has 2 N–H and O–H groups in total. The summed E-state index contributed by atoms with van der Waals surface area (Å²) < 4.78 is 11.4. The third kappa shape index (κ3) is 5.10. The van der Waals surface area contributed by atoms with Gasteiger partial charge < -0.3 is 19.7 Å². The Bertz CT molecular complexity index is 605. The molecule has 0 aliphatic carbocycles. The second-order valence-corrected chi connectivity index (χ2v) is 5.66. The van der Waals surface area contributed by atoms with Crippen LogP contribution in [0.1, 0.15) is 33.3 Å². The number of aliphatic hydroxyl groups excluding tert-OH is 2. The van der Waals surface area contributed by atoms with Crippen molar-refractivity contribution in [2.45, 2.75) is 46.0 Å². The number of hydrogen-bond acceptors (Lipinski definition) is 6. The maximum Gasteiger partial charge on any atom is 0.468 e. The van der Waals surface area contributed by atoms with Crippen LogP contribution in [-0.4, -0.2) is 32.6 Å². The van der Waals surface area contributed by atoms with Crippen molar-refractivity contribution < 1.29 is 24.5 Å². The predicted molar refractivity (Wildman–Crippen MR) is 77.3 cm³/mol. The number of carbonyl (C=O) groups is 1. The number of carbonyl (C=O) groups excluding carboxylic acids is 1. The summed E-state index contributed by atoms with van der Waals surface area (Å²) in [5.74, 6) is -0.692. The van der Waals surface area contributed by atoms with Gasteiger partial charge in [0.25, 0.3) is 0 Å². The molecule has 0 radical (unpaired) electrons. The van der Waals surface area contributed by atoms with E-state index in [1.807, 2.05) is 0 Å². The minimum Gasteiger partial charge on any atom is -0.475 e. The van der Waals surface area contributed by atoms with Gasteiger partial charge in [-0.25, -0.2) is 4.79 Å². The Balaban J connectivity index is 2.71. The van der Waals surface area contributed by atoms with Crippen LogP contribution in [-0.2, 0) is 16.1 Å². The normalized spacial score (nSPS) is 13.8. The number of aliphatic hydroxyl groups is 2. The molecule has 1 aromatic heterocycles. The summed E-state index contributed by atoms with van der Waals surface area (Å²) in [6.45, 7) is 6.52. The van der Waals surface area contributed by atoms with Crippen molar-refractivity contribution >= 4 is 6.09 Å². The fraction of sp³-hybridized carbons (Fsp3) is 0.500. The van der Waals surface area contributed by atoms with Crippen LogP contribution in [0.25, 0.3) is 4.98 Å². The molecule has 0 spiro atoms. The summed E-state index contributed by atoms with van der Waals surface area (Å²) in [5, 5.41) is 27.5. The summed E-state index contributed by atoms with van der Waals surface area (Å²) in [5.41, 5.74) is -0.403. The molecule has 8 heteroatoms. The Kier molecular flexibility index (Phi) is 5.54. The van der Waals surface area contributed by atoms with Crippen molar-refractivity contribution in [3.8, 4) is 0 Å². The third-order valence-electron chi connectivity index (χ3n) is 2.46. The number of hydrogen-bond donors (Lipinski definition) is 2. The minimum absolute atomic E-state index is 0.0760. The van der Waals surface area contributed by atoms with Gasteiger partial charge in [0.05, 0.1) is 0 Å². The van der Waals surface area contributed by atoms with Crippen LogP contribution in [0.4, 0.5) is 4.79 Å². The first-order valence-corrected chi connectivity index (χ1v) is 6.63. The lowest BCUT2D eigenvalue weighted by Crippen LogP contribution is -2.26. The van der Waals surface area contributed by atoms with E-state index in [1.165, 1.54) is 23.9 Å². The number of nitrogens with zero attached hydrogens (tertiary/aromatic N) is 3. The average Bonchev–Trinajstić information content (AvgIpc) is 2.83. The molecule has 120 valence electrons. The highest BCUT2D eigenvalue weighted by Crippen LogP contribution is 2.14. The molecule has 1 rings (SSSR count). The molecule has 8 nitrogen and oxygen atoms in total. The summed E-state index contributed by atoms with van der Waals surface area (Å²) in [7, 11) is 0. The van der Waals surface area contributed by atoms with E-state index < -0.39 is 23.7 Å². The Labute approximate surface area is 128 Å². The van der Waals surface area contributed by atoms with E-state index in [9.17, 15) is 15.0 Å². The number of aromatic nitrogens is 1. The van der Waals surface area contributed by atoms with Gasteiger partial charge in [-0.3, -0.25) is 4.57 Å². The highest BCUT2D eigenvalue weighted by Gasteiger charge is 2.27. The molecule has 0 saturated carbocycles. The Morgan fingerprint density at radius 1 is 1.50 bits per heavy atom. The summed E-state index contributed by atoms with van der Waals surface area (Å²) in [4.78, 5) is 14.6. The zero-order chi connectivity index (χ0) is 16.9. The molecule has 0 fully saturated rings. The third-order valence-corrected chi connectivity index (χ3v) is 2.46. The lowest BCUT2D eigenvalue weighted by atomic mass is 10.2. The van der Waals surface area contributed by atoms with Crippen LogP contribution < -0.4 is 0 Å². The Morgan fingerprint density at radius 3 is 2.64 bits per heavy atom. The number of ether oxygens (including phenoxy) is 2. The molecule has 1 atom stereocenters. The van der Waals surface area contributed by atoms with Crippen molar-refractivity contribution in [3.63, 3.8) is 0 Å². The van der Waals surface area contributed by atoms with Gasteiger partial charge in [0.15, 0.2) is 11.1 Å². The van der Waals surface area contributed by atoms with Crippen LogP contribution in [0.2, 0.25) is 0 Å². The van der Waals surface area contributed by atoms with Gasteiger partial charge in [0, 0.05) is 18.0 Å². The van der Waals surface area contributed by atoms with Crippen molar-refractivity contribution in [1.29, 1.82) is 5.39 Å². The fourth-order valence-electron chi connectivity index (χ4n) is 1.48. The molecule has 1 heterocycles. The van der Waals surface area contributed by atoms with Crippen molar-refractivity contribution in [3.05, 3.63) is 40.6 Å². The van der Waals surface area contributed by atoms with E-state index in [-0.39, 0.29) is 12.3 Å². The van der Waals surface area contributed by atoms with Crippen molar-refractivity contribution in [2.75, 3.05) is 0 Å². The van der Waals surface area contributed by atoms with Crippen LogP contribution in [0.3, 0.4) is 0 Å². The monoisotopic (exact) mass is 310 g/mol. The standard InChI is InChI=1S/C14H19N3O5/c1-9(18)11(16-15)12(19)21-8-10-5-6-17(7-10)13(20)22-14(2,3)4/h5-7,9,18H,8H2,1-4H3/p+1/b12-11-. The summed E-state index contributed by atoms with van der Waals surface area (Å²) in [6, 6.07) is 1.61. The molecule has 0 amide bonds. The molecule has 0 saturated heterocycles. The zero-order valence-corrected chi connectivity index (χ0v) is 13.0. The molecule has 0 bridgehead atoms. The maximum absolute atomic E-state index is 11.8. The highest BCUT2D eigenvalue weighted by atomic mass is 16.6. The molecule has 0 aromatic carbocycles. The van der Waals surface area contributed by atoms with Gasteiger partial charge in [-0.05, 0) is 33.8 Å². The molecular formula is C14H20N3O5+. The van der Waals surface area contributed by atoms with Gasteiger partial charge in [0.1, 0.15) is 12.2 Å². The first-order valence-electron chi connectivity index (χ1n) is 6.63.